The first kappa shape index (κ1) is 13.3. The predicted octanol–water partition coefficient (Wildman–Crippen LogP) is 2.51. The summed E-state index contributed by atoms with van der Waals surface area (Å²) < 4.78 is 11.3. The average Bonchev–Trinajstić information content (AvgIpc) is 3.03. The zero-order chi connectivity index (χ0) is 12.1. The smallest absolute Gasteiger partial charge is 0.0861 e. The minimum Gasteiger partial charge on any atom is -0.390 e. The van der Waals surface area contributed by atoms with Crippen LogP contribution in [-0.4, -0.2) is 36.6 Å². The number of hydrogen-bond donors (Lipinski definition) is 1. The molecule has 3 atom stereocenters. The highest BCUT2D eigenvalue weighted by molar-refractivity contribution is 4.87. The standard InChI is InChI=1S/C14H26O3/c1-2-16-14(11-8-9-11)13(15)7-3-5-12-6-4-10-17-12/h11-15H,2-10H2,1H3. The number of aliphatic hydroxyl groups excluding tert-OH is 1. The van der Waals surface area contributed by atoms with E-state index in [0.717, 1.165) is 25.9 Å². The fourth-order valence-corrected chi connectivity index (χ4v) is 2.77. The van der Waals surface area contributed by atoms with Crippen molar-refractivity contribution in [1.29, 1.82) is 0 Å². The van der Waals surface area contributed by atoms with Crippen LogP contribution in [0.3, 0.4) is 0 Å². The van der Waals surface area contributed by atoms with E-state index in [1.54, 1.807) is 0 Å². The van der Waals surface area contributed by atoms with Crippen molar-refractivity contribution in [2.24, 2.45) is 5.92 Å². The maximum atomic E-state index is 10.2. The number of ether oxygens (including phenoxy) is 2. The lowest BCUT2D eigenvalue weighted by Gasteiger charge is -2.23. The molecular formula is C14H26O3. The Bertz CT molecular complexity index is 210. The van der Waals surface area contributed by atoms with Gasteiger partial charge in [0.2, 0.25) is 0 Å². The molecular weight excluding hydrogens is 216 g/mol. The molecule has 3 nitrogen and oxygen atoms in total. The van der Waals surface area contributed by atoms with Crippen LogP contribution in [0.1, 0.15) is 51.9 Å². The van der Waals surface area contributed by atoms with Crippen LogP contribution in [-0.2, 0) is 9.47 Å². The Balaban J connectivity index is 1.62. The summed E-state index contributed by atoms with van der Waals surface area (Å²) in [4.78, 5) is 0. The van der Waals surface area contributed by atoms with E-state index >= 15 is 0 Å². The molecule has 0 radical (unpaired) electrons. The normalized spacial score (nSPS) is 28.2. The number of hydrogen-bond acceptors (Lipinski definition) is 3. The molecule has 3 heteroatoms. The van der Waals surface area contributed by atoms with Gasteiger partial charge in [0.15, 0.2) is 0 Å². The van der Waals surface area contributed by atoms with E-state index in [9.17, 15) is 5.11 Å². The van der Waals surface area contributed by atoms with E-state index in [4.69, 9.17) is 9.47 Å². The molecule has 1 heterocycles. The summed E-state index contributed by atoms with van der Waals surface area (Å²) in [6.45, 7) is 3.65. The van der Waals surface area contributed by atoms with Crippen LogP contribution in [0.15, 0.2) is 0 Å². The number of rotatable bonds is 8. The molecule has 1 aliphatic carbocycles. The SMILES string of the molecule is CCOC(C(O)CCCC1CCCO1)C1CC1. The summed E-state index contributed by atoms with van der Waals surface area (Å²) in [6.07, 6.45) is 8.15. The van der Waals surface area contributed by atoms with Gasteiger partial charge in [-0.05, 0) is 57.8 Å². The molecule has 3 unspecified atom stereocenters. The zero-order valence-corrected chi connectivity index (χ0v) is 10.9. The van der Waals surface area contributed by atoms with Crippen LogP contribution < -0.4 is 0 Å². The van der Waals surface area contributed by atoms with Gasteiger partial charge in [0.1, 0.15) is 0 Å². The molecule has 0 amide bonds. The second-order valence-electron chi connectivity index (χ2n) is 5.39. The summed E-state index contributed by atoms with van der Waals surface area (Å²) in [5.41, 5.74) is 0. The first-order valence-electron chi connectivity index (χ1n) is 7.22. The molecule has 1 N–H and O–H groups in total. The molecule has 0 spiro atoms. The van der Waals surface area contributed by atoms with E-state index in [1.807, 2.05) is 6.92 Å². The fourth-order valence-electron chi connectivity index (χ4n) is 2.77. The Hall–Kier alpha value is -0.120. The van der Waals surface area contributed by atoms with Gasteiger partial charge in [0, 0.05) is 13.2 Å². The van der Waals surface area contributed by atoms with Gasteiger partial charge in [0.05, 0.1) is 18.3 Å². The molecule has 1 saturated heterocycles. The molecule has 2 fully saturated rings. The largest absolute Gasteiger partial charge is 0.390 e. The molecule has 0 aromatic rings. The van der Waals surface area contributed by atoms with Gasteiger partial charge >= 0.3 is 0 Å². The molecule has 2 rings (SSSR count). The first-order chi connectivity index (χ1) is 8.31. The fraction of sp³-hybridized carbons (Fsp3) is 1.00. The minimum atomic E-state index is -0.274. The van der Waals surface area contributed by atoms with Crippen molar-refractivity contribution in [1.82, 2.24) is 0 Å². The van der Waals surface area contributed by atoms with E-state index in [0.29, 0.717) is 18.6 Å². The van der Waals surface area contributed by atoms with Crippen molar-refractivity contribution in [2.45, 2.75) is 70.2 Å². The predicted molar refractivity (Wildman–Crippen MR) is 67.0 cm³/mol. The van der Waals surface area contributed by atoms with E-state index < -0.39 is 0 Å². The Morgan fingerprint density at radius 2 is 2.18 bits per heavy atom. The monoisotopic (exact) mass is 242 g/mol. The highest BCUT2D eigenvalue weighted by Gasteiger charge is 2.36. The highest BCUT2D eigenvalue weighted by Crippen LogP contribution is 2.36. The Morgan fingerprint density at radius 3 is 2.76 bits per heavy atom. The van der Waals surface area contributed by atoms with Crippen LogP contribution >= 0.6 is 0 Å². The maximum Gasteiger partial charge on any atom is 0.0861 e. The zero-order valence-electron chi connectivity index (χ0n) is 10.9. The van der Waals surface area contributed by atoms with Gasteiger partial charge in [-0.25, -0.2) is 0 Å². The lowest BCUT2D eigenvalue weighted by atomic mass is 10.0. The molecule has 1 aliphatic heterocycles. The molecule has 17 heavy (non-hydrogen) atoms. The van der Waals surface area contributed by atoms with Gasteiger partial charge in [-0.3, -0.25) is 0 Å². The lowest BCUT2D eigenvalue weighted by molar-refractivity contribution is -0.0493. The second-order valence-corrected chi connectivity index (χ2v) is 5.39. The lowest BCUT2D eigenvalue weighted by Crippen LogP contribution is -2.31. The molecule has 0 aromatic carbocycles. The maximum absolute atomic E-state index is 10.2. The minimum absolute atomic E-state index is 0.0875. The summed E-state index contributed by atoms with van der Waals surface area (Å²) in [5, 5.41) is 10.2. The van der Waals surface area contributed by atoms with Crippen molar-refractivity contribution >= 4 is 0 Å². The van der Waals surface area contributed by atoms with E-state index in [2.05, 4.69) is 0 Å². The van der Waals surface area contributed by atoms with Crippen LogP contribution in [0.2, 0.25) is 0 Å². The topological polar surface area (TPSA) is 38.7 Å². The van der Waals surface area contributed by atoms with Crippen molar-refractivity contribution in [2.75, 3.05) is 13.2 Å². The molecule has 2 aliphatic rings. The third-order valence-electron chi connectivity index (χ3n) is 3.87. The Labute approximate surface area is 104 Å². The van der Waals surface area contributed by atoms with E-state index in [-0.39, 0.29) is 12.2 Å². The second kappa shape index (κ2) is 6.72. The quantitative estimate of drug-likeness (QED) is 0.711. The molecule has 1 saturated carbocycles. The number of aliphatic hydroxyl groups is 1. The van der Waals surface area contributed by atoms with Gasteiger partial charge < -0.3 is 14.6 Å². The third kappa shape index (κ3) is 4.23. The van der Waals surface area contributed by atoms with Crippen molar-refractivity contribution in [3.63, 3.8) is 0 Å². The van der Waals surface area contributed by atoms with Gasteiger partial charge in [0.25, 0.3) is 0 Å². The van der Waals surface area contributed by atoms with Gasteiger partial charge in [-0.2, -0.15) is 0 Å². The van der Waals surface area contributed by atoms with Crippen LogP contribution in [0.4, 0.5) is 0 Å². The Morgan fingerprint density at radius 1 is 1.35 bits per heavy atom. The van der Waals surface area contributed by atoms with Crippen LogP contribution in [0.5, 0.6) is 0 Å². The van der Waals surface area contributed by atoms with Crippen molar-refractivity contribution in [3.8, 4) is 0 Å². The summed E-state index contributed by atoms with van der Waals surface area (Å²) >= 11 is 0. The molecule has 0 aromatic heterocycles. The van der Waals surface area contributed by atoms with Gasteiger partial charge in [-0.15, -0.1) is 0 Å². The van der Waals surface area contributed by atoms with Crippen LogP contribution in [0, 0.1) is 5.92 Å². The average molecular weight is 242 g/mol. The summed E-state index contributed by atoms with van der Waals surface area (Å²) in [7, 11) is 0. The molecule has 0 bridgehead atoms. The van der Waals surface area contributed by atoms with Crippen LogP contribution in [0.25, 0.3) is 0 Å². The van der Waals surface area contributed by atoms with E-state index in [1.165, 1.54) is 25.7 Å². The summed E-state index contributed by atoms with van der Waals surface area (Å²) in [6, 6.07) is 0. The van der Waals surface area contributed by atoms with Gasteiger partial charge in [-0.1, -0.05) is 0 Å². The molecule has 100 valence electrons. The van der Waals surface area contributed by atoms with Crippen molar-refractivity contribution in [3.05, 3.63) is 0 Å². The first-order valence-corrected chi connectivity index (χ1v) is 7.22. The Kier molecular flexibility index (Phi) is 5.26. The van der Waals surface area contributed by atoms with Crippen molar-refractivity contribution < 1.29 is 14.6 Å². The third-order valence-corrected chi connectivity index (χ3v) is 3.87. The summed E-state index contributed by atoms with van der Waals surface area (Å²) in [5.74, 6) is 0.618. The highest BCUT2D eigenvalue weighted by atomic mass is 16.5.